The first-order chi connectivity index (χ1) is 8.20. The van der Waals surface area contributed by atoms with Crippen molar-refractivity contribution in [3.05, 3.63) is 39.8 Å². The van der Waals surface area contributed by atoms with Gasteiger partial charge >= 0.3 is 0 Å². The Morgan fingerprint density at radius 2 is 2.35 bits per heavy atom. The number of nitrogens with zero attached hydrogens (tertiary/aromatic N) is 2. The quantitative estimate of drug-likeness (QED) is 0.813. The van der Waals surface area contributed by atoms with Gasteiger partial charge in [0.1, 0.15) is 6.07 Å². The minimum Gasteiger partial charge on any atom is -0.398 e. The fraction of sp³-hybridized carbons (Fsp3) is 0.167. The molecule has 2 rings (SSSR count). The van der Waals surface area contributed by atoms with Gasteiger partial charge in [-0.1, -0.05) is 0 Å². The monoisotopic (exact) mass is 244 g/mol. The van der Waals surface area contributed by atoms with Crippen LogP contribution in [0.4, 0.5) is 11.4 Å². The van der Waals surface area contributed by atoms with E-state index >= 15 is 0 Å². The highest BCUT2D eigenvalue weighted by molar-refractivity contribution is 7.09. The maximum absolute atomic E-state index is 8.77. The van der Waals surface area contributed by atoms with E-state index in [1.165, 1.54) is 4.88 Å². The molecule has 0 unspecified atom stereocenters. The number of aryl methyl sites for hydroxylation is 1. The maximum Gasteiger partial charge on any atom is 0.101 e. The first kappa shape index (κ1) is 11.4. The molecule has 3 N–H and O–H groups in total. The summed E-state index contributed by atoms with van der Waals surface area (Å²) in [5, 5.41) is 12.0. The Morgan fingerprint density at radius 1 is 1.53 bits per heavy atom. The molecule has 86 valence electrons. The number of hydrogen-bond acceptors (Lipinski definition) is 5. The van der Waals surface area contributed by atoms with E-state index in [9.17, 15) is 0 Å². The molecule has 0 fully saturated rings. The second-order valence-corrected chi connectivity index (χ2v) is 4.57. The topological polar surface area (TPSA) is 74.7 Å². The molecule has 0 aliphatic rings. The average molecular weight is 244 g/mol. The second-order valence-electron chi connectivity index (χ2n) is 3.63. The average Bonchev–Trinajstić information content (AvgIpc) is 2.72. The molecule has 4 nitrogen and oxygen atoms in total. The van der Waals surface area contributed by atoms with Gasteiger partial charge in [-0.15, -0.1) is 11.3 Å². The largest absolute Gasteiger partial charge is 0.398 e. The lowest BCUT2D eigenvalue weighted by Gasteiger charge is -2.06. The Hall–Kier alpha value is -2.06. The van der Waals surface area contributed by atoms with Gasteiger partial charge < -0.3 is 11.1 Å². The highest BCUT2D eigenvalue weighted by Gasteiger charge is 2.02. The zero-order chi connectivity index (χ0) is 12.3. The second kappa shape index (κ2) is 4.85. The molecule has 0 bridgehead atoms. The van der Waals surface area contributed by atoms with Crippen LogP contribution in [0.15, 0.2) is 23.7 Å². The Morgan fingerprint density at radius 3 is 2.94 bits per heavy atom. The molecule has 5 heteroatoms. The number of nitrogen functional groups attached to an aromatic ring is 1. The lowest BCUT2D eigenvalue weighted by molar-refractivity contribution is 1.12. The SMILES string of the molecule is Cc1ncsc1CNc1ccc(C#N)c(N)c1. The molecule has 0 amide bonds. The van der Waals surface area contributed by atoms with Gasteiger partial charge in [-0.2, -0.15) is 5.26 Å². The minimum absolute atomic E-state index is 0.499. The molecule has 0 atom stereocenters. The summed E-state index contributed by atoms with van der Waals surface area (Å²) in [5.41, 5.74) is 10.5. The molecule has 17 heavy (non-hydrogen) atoms. The molecule has 1 heterocycles. The van der Waals surface area contributed by atoms with Gasteiger partial charge in [0.2, 0.25) is 0 Å². The van der Waals surface area contributed by atoms with Crippen LogP contribution in [0.3, 0.4) is 0 Å². The molecular weight excluding hydrogens is 232 g/mol. The van der Waals surface area contributed by atoms with E-state index in [-0.39, 0.29) is 0 Å². The van der Waals surface area contributed by atoms with E-state index < -0.39 is 0 Å². The number of nitrogens with one attached hydrogen (secondary N) is 1. The first-order valence-electron chi connectivity index (χ1n) is 5.13. The molecular formula is C12H12N4S. The van der Waals surface area contributed by atoms with Gasteiger partial charge in [-0.3, -0.25) is 0 Å². The van der Waals surface area contributed by atoms with E-state index in [1.807, 2.05) is 24.6 Å². The van der Waals surface area contributed by atoms with E-state index in [0.717, 1.165) is 17.9 Å². The molecule has 0 saturated carbocycles. The summed E-state index contributed by atoms with van der Waals surface area (Å²) < 4.78 is 0. The molecule has 0 aliphatic heterocycles. The zero-order valence-corrected chi connectivity index (χ0v) is 10.2. The van der Waals surface area contributed by atoms with Gasteiger partial charge in [0.15, 0.2) is 0 Å². The third-order valence-corrected chi connectivity index (χ3v) is 3.41. The van der Waals surface area contributed by atoms with Crippen molar-refractivity contribution >= 4 is 22.7 Å². The van der Waals surface area contributed by atoms with Crippen molar-refractivity contribution in [2.45, 2.75) is 13.5 Å². The molecule has 1 aromatic carbocycles. The number of anilines is 2. The van der Waals surface area contributed by atoms with Crippen LogP contribution in [-0.4, -0.2) is 4.98 Å². The van der Waals surface area contributed by atoms with Crippen LogP contribution in [-0.2, 0) is 6.54 Å². The third kappa shape index (κ3) is 2.55. The Balaban J connectivity index is 2.08. The summed E-state index contributed by atoms with van der Waals surface area (Å²) in [6.45, 7) is 2.71. The first-order valence-corrected chi connectivity index (χ1v) is 6.01. The van der Waals surface area contributed by atoms with Crippen molar-refractivity contribution in [1.82, 2.24) is 4.98 Å². The summed E-state index contributed by atoms with van der Waals surface area (Å²) >= 11 is 1.62. The Kier molecular flexibility index (Phi) is 3.26. The lowest BCUT2D eigenvalue weighted by atomic mass is 10.2. The van der Waals surface area contributed by atoms with E-state index in [1.54, 1.807) is 23.5 Å². The maximum atomic E-state index is 8.77. The molecule has 0 spiro atoms. The molecule has 0 aliphatic carbocycles. The highest BCUT2D eigenvalue weighted by Crippen LogP contribution is 2.19. The van der Waals surface area contributed by atoms with Crippen LogP contribution in [0.5, 0.6) is 0 Å². The summed E-state index contributed by atoms with van der Waals surface area (Å²) in [4.78, 5) is 5.39. The Bertz CT molecular complexity index is 568. The van der Waals surface area contributed by atoms with Crippen molar-refractivity contribution in [3.8, 4) is 6.07 Å². The van der Waals surface area contributed by atoms with Crippen molar-refractivity contribution in [2.24, 2.45) is 0 Å². The number of thiazole rings is 1. The Labute approximate surface area is 104 Å². The lowest BCUT2D eigenvalue weighted by Crippen LogP contribution is -2.00. The van der Waals surface area contributed by atoms with Crippen molar-refractivity contribution in [2.75, 3.05) is 11.1 Å². The standard InChI is InChI=1S/C12H12N4S/c1-8-12(17-7-16-8)6-15-10-3-2-9(5-13)11(14)4-10/h2-4,7,15H,6,14H2,1H3. The summed E-state index contributed by atoms with van der Waals surface area (Å²) in [5.74, 6) is 0. The van der Waals surface area contributed by atoms with Gasteiger partial charge in [0, 0.05) is 10.6 Å². The molecule has 0 radical (unpaired) electrons. The van der Waals surface area contributed by atoms with Crippen LogP contribution < -0.4 is 11.1 Å². The number of nitrogens with two attached hydrogens (primary N) is 1. The highest BCUT2D eigenvalue weighted by atomic mass is 32.1. The van der Waals surface area contributed by atoms with Gasteiger partial charge in [-0.05, 0) is 25.1 Å². The van der Waals surface area contributed by atoms with E-state index in [4.69, 9.17) is 11.0 Å². The van der Waals surface area contributed by atoms with E-state index in [0.29, 0.717) is 11.3 Å². The minimum atomic E-state index is 0.499. The van der Waals surface area contributed by atoms with Crippen molar-refractivity contribution in [1.29, 1.82) is 5.26 Å². The number of rotatable bonds is 3. The predicted octanol–water partition coefficient (Wildman–Crippen LogP) is 2.52. The fourth-order valence-corrected chi connectivity index (χ4v) is 2.17. The van der Waals surface area contributed by atoms with Crippen LogP contribution in [0.1, 0.15) is 16.1 Å². The number of hydrogen-bond donors (Lipinski definition) is 2. The van der Waals surface area contributed by atoms with Gasteiger partial charge in [-0.25, -0.2) is 4.98 Å². The number of nitriles is 1. The van der Waals surface area contributed by atoms with Crippen LogP contribution >= 0.6 is 11.3 Å². The summed E-state index contributed by atoms with van der Waals surface area (Å²) in [7, 11) is 0. The number of benzene rings is 1. The van der Waals surface area contributed by atoms with Crippen LogP contribution in [0.2, 0.25) is 0 Å². The fourth-order valence-electron chi connectivity index (χ4n) is 1.45. The third-order valence-electron chi connectivity index (χ3n) is 2.47. The van der Waals surface area contributed by atoms with Gasteiger partial charge in [0.25, 0.3) is 0 Å². The summed E-state index contributed by atoms with van der Waals surface area (Å²) in [6, 6.07) is 7.39. The van der Waals surface area contributed by atoms with Crippen molar-refractivity contribution in [3.63, 3.8) is 0 Å². The zero-order valence-electron chi connectivity index (χ0n) is 9.40. The van der Waals surface area contributed by atoms with E-state index in [2.05, 4.69) is 10.3 Å². The molecule has 1 aromatic heterocycles. The number of aromatic nitrogens is 1. The normalized spacial score (nSPS) is 9.88. The predicted molar refractivity (Wildman–Crippen MR) is 69.7 cm³/mol. The van der Waals surface area contributed by atoms with Gasteiger partial charge in [0.05, 0.1) is 29.0 Å². The van der Waals surface area contributed by atoms with Crippen LogP contribution in [0.25, 0.3) is 0 Å². The molecule has 0 saturated heterocycles. The molecule has 2 aromatic rings. The summed E-state index contributed by atoms with van der Waals surface area (Å²) in [6.07, 6.45) is 0. The smallest absolute Gasteiger partial charge is 0.101 e. The van der Waals surface area contributed by atoms with Crippen molar-refractivity contribution < 1.29 is 0 Å². The van der Waals surface area contributed by atoms with Crippen LogP contribution in [0, 0.1) is 18.3 Å².